The maximum Gasteiger partial charge on any atom is 0.0702 e. The number of aliphatic hydroxyl groups is 1. The third-order valence-corrected chi connectivity index (χ3v) is 3.22. The zero-order valence-corrected chi connectivity index (χ0v) is 11.3. The van der Waals surface area contributed by atoms with Crippen LogP contribution in [0.25, 0.3) is 10.9 Å². The van der Waals surface area contributed by atoms with Crippen LogP contribution in [-0.4, -0.2) is 22.9 Å². The van der Waals surface area contributed by atoms with Gasteiger partial charge < -0.3 is 14.4 Å². The fourth-order valence-electron chi connectivity index (χ4n) is 2.13. The van der Waals surface area contributed by atoms with Gasteiger partial charge in [-0.25, -0.2) is 0 Å². The average molecular weight is 268 g/mol. The monoisotopic (exact) mass is 267 g/mol. The smallest absolute Gasteiger partial charge is 0.0702 e. The minimum Gasteiger partial charge on any atom is -0.392 e. The maximum absolute atomic E-state index is 9.36. The highest BCUT2D eigenvalue weighted by Crippen LogP contribution is 2.25. The molecule has 0 aliphatic rings. The first-order valence-electron chi connectivity index (χ1n) is 6.22. The lowest BCUT2D eigenvalue weighted by Crippen LogP contribution is -2.01. The Kier molecular flexibility index (Phi) is 4.64. The van der Waals surface area contributed by atoms with Crippen LogP contribution in [-0.2, 0) is 17.9 Å². The van der Waals surface area contributed by atoms with Crippen LogP contribution in [0.5, 0.6) is 0 Å². The Labute approximate surface area is 112 Å². The molecule has 0 aliphatic heterocycles. The van der Waals surface area contributed by atoms with Crippen molar-refractivity contribution >= 4 is 22.5 Å². The van der Waals surface area contributed by atoms with Gasteiger partial charge in [-0.05, 0) is 25.5 Å². The summed E-state index contributed by atoms with van der Waals surface area (Å²) in [6, 6.07) is 5.76. The van der Waals surface area contributed by atoms with Gasteiger partial charge in [0.1, 0.15) is 0 Å². The second kappa shape index (κ2) is 6.23. The largest absolute Gasteiger partial charge is 0.392 e. The summed E-state index contributed by atoms with van der Waals surface area (Å²) in [6.07, 6.45) is 2.95. The summed E-state index contributed by atoms with van der Waals surface area (Å²) in [7, 11) is 0. The molecule has 1 aromatic heterocycles. The third-order valence-electron chi connectivity index (χ3n) is 2.99. The molecule has 1 N–H and O–H groups in total. The fourth-order valence-corrected chi connectivity index (χ4v) is 2.30. The van der Waals surface area contributed by atoms with Crippen molar-refractivity contribution in [3.05, 3.63) is 35.0 Å². The molecule has 2 aromatic rings. The molecule has 0 spiro atoms. The molecule has 4 heteroatoms. The molecule has 98 valence electrons. The number of halogens is 1. The lowest BCUT2D eigenvalue weighted by Gasteiger charge is -2.05. The Bertz CT molecular complexity index is 522. The fraction of sp³-hybridized carbons (Fsp3) is 0.429. The number of nitrogens with zero attached hydrogens (tertiary/aromatic N) is 1. The predicted molar refractivity (Wildman–Crippen MR) is 74.0 cm³/mol. The van der Waals surface area contributed by atoms with Gasteiger partial charge in [0.15, 0.2) is 0 Å². The molecule has 0 amide bonds. The summed E-state index contributed by atoms with van der Waals surface area (Å²) in [5.74, 6) is 0. The van der Waals surface area contributed by atoms with E-state index in [0.29, 0.717) is 0 Å². The molecule has 18 heavy (non-hydrogen) atoms. The van der Waals surface area contributed by atoms with Crippen LogP contribution in [0.15, 0.2) is 24.4 Å². The molecule has 0 unspecified atom stereocenters. The van der Waals surface area contributed by atoms with E-state index in [-0.39, 0.29) is 6.61 Å². The standard InChI is InChI=1S/C14H18ClNO2/c1-2-18-7-3-6-16-9-11(10-17)13-5-4-12(15)8-14(13)16/h4-5,8-9,17H,2-3,6-7,10H2,1H3. The predicted octanol–water partition coefficient (Wildman–Crippen LogP) is 3.21. The number of ether oxygens (including phenoxy) is 1. The molecule has 0 saturated heterocycles. The van der Waals surface area contributed by atoms with Crippen LogP contribution in [0.1, 0.15) is 18.9 Å². The van der Waals surface area contributed by atoms with E-state index >= 15 is 0 Å². The van der Waals surface area contributed by atoms with Crippen molar-refractivity contribution in [1.82, 2.24) is 4.57 Å². The first-order chi connectivity index (χ1) is 8.76. The van der Waals surface area contributed by atoms with Gasteiger partial charge in [0.05, 0.1) is 6.61 Å². The van der Waals surface area contributed by atoms with Crippen molar-refractivity contribution in [2.24, 2.45) is 0 Å². The van der Waals surface area contributed by atoms with Crippen LogP contribution >= 0.6 is 11.6 Å². The van der Waals surface area contributed by atoms with E-state index in [1.54, 1.807) is 0 Å². The zero-order chi connectivity index (χ0) is 13.0. The van der Waals surface area contributed by atoms with Crippen molar-refractivity contribution in [2.75, 3.05) is 13.2 Å². The van der Waals surface area contributed by atoms with E-state index in [0.717, 1.165) is 47.7 Å². The Morgan fingerprint density at radius 2 is 2.22 bits per heavy atom. The van der Waals surface area contributed by atoms with E-state index in [4.69, 9.17) is 16.3 Å². The molecule has 0 atom stereocenters. The minimum atomic E-state index is 0.0522. The van der Waals surface area contributed by atoms with Crippen molar-refractivity contribution in [1.29, 1.82) is 0 Å². The zero-order valence-electron chi connectivity index (χ0n) is 10.5. The quantitative estimate of drug-likeness (QED) is 0.816. The van der Waals surface area contributed by atoms with Crippen LogP contribution < -0.4 is 0 Å². The van der Waals surface area contributed by atoms with Crippen molar-refractivity contribution in [2.45, 2.75) is 26.5 Å². The average Bonchev–Trinajstić information content (AvgIpc) is 2.72. The van der Waals surface area contributed by atoms with E-state index < -0.39 is 0 Å². The topological polar surface area (TPSA) is 34.4 Å². The van der Waals surface area contributed by atoms with Crippen molar-refractivity contribution in [3.8, 4) is 0 Å². The highest BCUT2D eigenvalue weighted by atomic mass is 35.5. The van der Waals surface area contributed by atoms with E-state index in [2.05, 4.69) is 4.57 Å². The Morgan fingerprint density at radius 1 is 1.39 bits per heavy atom. The Hall–Kier alpha value is -1.03. The highest BCUT2D eigenvalue weighted by Gasteiger charge is 2.08. The van der Waals surface area contributed by atoms with Crippen LogP contribution in [0.3, 0.4) is 0 Å². The third kappa shape index (κ3) is 2.86. The summed E-state index contributed by atoms with van der Waals surface area (Å²) in [4.78, 5) is 0. The summed E-state index contributed by atoms with van der Waals surface area (Å²) >= 11 is 6.03. The molecular formula is C14H18ClNO2. The van der Waals surface area contributed by atoms with Crippen molar-refractivity contribution < 1.29 is 9.84 Å². The summed E-state index contributed by atoms with van der Waals surface area (Å²) in [5, 5.41) is 11.1. The first kappa shape index (κ1) is 13.4. The number of fused-ring (bicyclic) bond motifs is 1. The second-order valence-corrected chi connectivity index (χ2v) is 4.65. The van der Waals surface area contributed by atoms with Crippen molar-refractivity contribution in [3.63, 3.8) is 0 Å². The molecule has 1 heterocycles. The maximum atomic E-state index is 9.36. The van der Waals surface area contributed by atoms with E-state index in [1.807, 2.05) is 31.3 Å². The molecule has 0 saturated carbocycles. The summed E-state index contributed by atoms with van der Waals surface area (Å²) < 4.78 is 7.47. The normalized spacial score (nSPS) is 11.3. The van der Waals surface area contributed by atoms with Crippen LogP contribution in [0.4, 0.5) is 0 Å². The van der Waals surface area contributed by atoms with Gasteiger partial charge in [0.2, 0.25) is 0 Å². The number of hydrogen-bond acceptors (Lipinski definition) is 2. The lowest BCUT2D eigenvalue weighted by molar-refractivity contribution is 0.142. The number of hydrogen-bond donors (Lipinski definition) is 1. The van der Waals surface area contributed by atoms with E-state index in [9.17, 15) is 5.11 Å². The molecule has 2 rings (SSSR count). The van der Waals surface area contributed by atoms with Gasteiger partial charge in [-0.2, -0.15) is 0 Å². The first-order valence-corrected chi connectivity index (χ1v) is 6.60. The SMILES string of the molecule is CCOCCCn1cc(CO)c2ccc(Cl)cc21. The summed E-state index contributed by atoms with van der Waals surface area (Å²) in [5.41, 5.74) is 2.01. The highest BCUT2D eigenvalue weighted by molar-refractivity contribution is 6.31. The molecule has 0 bridgehead atoms. The molecule has 3 nitrogen and oxygen atoms in total. The number of aliphatic hydroxyl groups excluding tert-OH is 1. The van der Waals surface area contributed by atoms with Crippen LogP contribution in [0.2, 0.25) is 5.02 Å². The van der Waals surface area contributed by atoms with Crippen LogP contribution in [0, 0.1) is 0 Å². The van der Waals surface area contributed by atoms with Gasteiger partial charge in [0, 0.05) is 47.4 Å². The number of rotatable bonds is 6. The number of aryl methyl sites for hydroxylation is 1. The molecule has 1 aromatic carbocycles. The molecule has 0 aliphatic carbocycles. The van der Waals surface area contributed by atoms with E-state index in [1.165, 1.54) is 0 Å². The van der Waals surface area contributed by atoms with Gasteiger partial charge in [0.25, 0.3) is 0 Å². The second-order valence-electron chi connectivity index (χ2n) is 4.22. The minimum absolute atomic E-state index is 0.0522. The summed E-state index contributed by atoms with van der Waals surface area (Å²) in [6.45, 7) is 4.42. The van der Waals surface area contributed by atoms with Gasteiger partial charge >= 0.3 is 0 Å². The van der Waals surface area contributed by atoms with Gasteiger partial charge in [-0.3, -0.25) is 0 Å². The lowest BCUT2D eigenvalue weighted by atomic mass is 10.2. The molecule has 0 fully saturated rings. The Morgan fingerprint density at radius 3 is 2.94 bits per heavy atom. The van der Waals surface area contributed by atoms with Gasteiger partial charge in [-0.15, -0.1) is 0 Å². The number of aromatic nitrogens is 1. The Balaban J connectivity index is 2.23. The molecule has 0 radical (unpaired) electrons. The molecular weight excluding hydrogens is 250 g/mol. The van der Waals surface area contributed by atoms with Gasteiger partial charge in [-0.1, -0.05) is 17.7 Å². The number of benzene rings is 1.